The number of halogens is 1. The molecule has 3 rings (SSSR count). The standard InChI is InChI=1S/C21H27NO2S.ClH/c1-3-12-22(13-11-19-7-5-14-25-19)18-9-10-20-17(15-18)6-4-8-21(20)24-16(2)23;/h4-8,14,18H,3,9-13,15H2,1-2H3;1H/t18-;/m0./s1. The molecular formula is C21H28ClNO2S. The van der Waals surface area contributed by atoms with E-state index in [1.54, 1.807) is 0 Å². The van der Waals surface area contributed by atoms with Gasteiger partial charge in [-0.1, -0.05) is 25.1 Å². The summed E-state index contributed by atoms with van der Waals surface area (Å²) in [7, 11) is 0. The largest absolute Gasteiger partial charge is 0.426 e. The predicted molar refractivity (Wildman–Crippen MR) is 111 cm³/mol. The molecule has 5 heteroatoms. The number of thiophene rings is 1. The molecule has 0 saturated carbocycles. The number of ether oxygens (including phenoxy) is 1. The molecule has 1 aromatic carbocycles. The second kappa shape index (κ2) is 10.1. The lowest BCUT2D eigenvalue weighted by Crippen LogP contribution is -2.41. The monoisotopic (exact) mass is 393 g/mol. The van der Waals surface area contributed by atoms with Crippen LogP contribution in [0.25, 0.3) is 0 Å². The van der Waals surface area contributed by atoms with Crippen LogP contribution in [0.5, 0.6) is 5.75 Å². The third kappa shape index (κ3) is 5.32. The quantitative estimate of drug-likeness (QED) is 0.494. The van der Waals surface area contributed by atoms with Crippen molar-refractivity contribution in [3.63, 3.8) is 0 Å². The van der Waals surface area contributed by atoms with Crippen molar-refractivity contribution in [2.75, 3.05) is 13.1 Å². The molecule has 0 fully saturated rings. The minimum Gasteiger partial charge on any atom is -0.426 e. The summed E-state index contributed by atoms with van der Waals surface area (Å²) in [6.07, 6.45) is 5.49. The molecule has 142 valence electrons. The minimum atomic E-state index is -0.237. The fourth-order valence-corrected chi connectivity index (χ4v) is 4.49. The lowest BCUT2D eigenvalue weighted by atomic mass is 9.86. The van der Waals surface area contributed by atoms with Crippen LogP contribution in [0.1, 0.15) is 42.7 Å². The Hall–Kier alpha value is -1.36. The Morgan fingerprint density at radius 1 is 1.27 bits per heavy atom. The Bertz CT molecular complexity index is 702. The van der Waals surface area contributed by atoms with E-state index >= 15 is 0 Å². The normalized spacial score (nSPS) is 16.0. The number of nitrogens with zero attached hydrogens (tertiary/aromatic N) is 1. The van der Waals surface area contributed by atoms with E-state index in [2.05, 4.69) is 35.4 Å². The van der Waals surface area contributed by atoms with Crippen LogP contribution in [0.2, 0.25) is 0 Å². The zero-order valence-corrected chi connectivity index (χ0v) is 17.2. The van der Waals surface area contributed by atoms with Gasteiger partial charge < -0.3 is 4.74 Å². The molecule has 0 saturated heterocycles. The summed E-state index contributed by atoms with van der Waals surface area (Å²) in [6.45, 7) is 6.00. The Kier molecular flexibility index (Phi) is 8.14. The van der Waals surface area contributed by atoms with Gasteiger partial charge in [-0.05, 0) is 67.3 Å². The zero-order chi connectivity index (χ0) is 17.6. The van der Waals surface area contributed by atoms with Crippen molar-refractivity contribution in [2.24, 2.45) is 0 Å². The van der Waals surface area contributed by atoms with Crippen LogP contribution in [0.4, 0.5) is 0 Å². The average molecular weight is 394 g/mol. The highest BCUT2D eigenvalue weighted by Crippen LogP contribution is 2.32. The second-order valence-electron chi connectivity index (χ2n) is 6.75. The van der Waals surface area contributed by atoms with Crippen molar-refractivity contribution in [3.8, 4) is 5.75 Å². The molecule has 0 unspecified atom stereocenters. The molecule has 1 heterocycles. The van der Waals surface area contributed by atoms with E-state index in [0.717, 1.165) is 44.5 Å². The Balaban J connectivity index is 0.00000243. The molecule has 1 aliphatic rings. The topological polar surface area (TPSA) is 29.5 Å². The molecule has 1 atom stereocenters. The fourth-order valence-electron chi connectivity index (χ4n) is 3.79. The van der Waals surface area contributed by atoms with E-state index in [4.69, 9.17) is 4.74 Å². The van der Waals surface area contributed by atoms with Gasteiger partial charge in [0.1, 0.15) is 5.75 Å². The maximum Gasteiger partial charge on any atom is 0.308 e. The molecule has 0 bridgehead atoms. The second-order valence-corrected chi connectivity index (χ2v) is 7.78. The maximum atomic E-state index is 11.3. The van der Waals surface area contributed by atoms with E-state index in [1.165, 1.54) is 29.3 Å². The number of benzene rings is 1. The summed E-state index contributed by atoms with van der Waals surface area (Å²) in [5, 5.41) is 2.16. The first-order chi connectivity index (χ1) is 12.2. The maximum absolute atomic E-state index is 11.3. The molecule has 0 radical (unpaired) electrons. The van der Waals surface area contributed by atoms with Crippen LogP contribution >= 0.6 is 23.7 Å². The fraction of sp³-hybridized carbons (Fsp3) is 0.476. The molecular weight excluding hydrogens is 366 g/mol. The Morgan fingerprint density at radius 3 is 2.81 bits per heavy atom. The van der Waals surface area contributed by atoms with Gasteiger partial charge in [0.25, 0.3) is 0 Å². The summed E-state index contributed by atoms with van der Waals surface area (Å²) in [5.74, 6) is 0.517. The van der Waals surface area contributed by atoms with Gasteiger partial charge >= 0.3 is 5.97 Å². The molecule has 1 aliphatic carbocycles. The van der Waals surface area contributed by atoms with Crippen LogP contribution in [-0.4, -0.2) is 30.0 Å². The van der Waals surface area contributed by atoms with Crippen LogP contribution in [-0.2, 0) is 24.1 Å². The van der Waals surface area contributed by atoms with Gasteiger partial charge in [0, 0.05) is 24.4 Å². The van der Waals surface area contributed by atoms with Crippen LogP contribution in [0, 0.1) is 0 Å². The van der Waals surface area contributed by atoms with Crippen molar-refractivity contribution in [1.29, 1.82) is 0 Å². The number of esters is 1. The molecule has 2 aromatic rings. The number of hydrogen-bond acceptors (Lipinski definition) is 4. The van der Waals surface area contributed by atoms with Crippen molar-refractivity contribution >= 4 is 29.7 Å². The molecule has 0 N–H and O–H groups in total. The van der Waals surface area contributed by atoms with Gasteiger partial charge in [-0.15, -0.1) is 23.7 Å². The summed E-state index contributed by atoms with van der Waals surface area (Å²) in [4.78, 5) is 15.4. The highest BCUT2D eigenvalue weighted by molar-refractivity contribution is 7.09. The van der Waals surface area contributed by atoms with Crippen LogP contribution in [0.3, 0.4) is 0 Å². The molecule has 0 aliphatic heterocycles. The molecule has 0 amide bonds. The molecule has 0 spiro atoms. The third-order valence-corrected chi connectivity index (χ3v) is 5.86. The van der Waals surface area contributed by atoms with Gasteiger partial charge in [-0.2, -0.15) is 0 Å². The summed E-state index contributed by atoms with van der Waals surface area (Å²) in [5.41, 5.74) is 2.57. The zero-order valence-electron chi connectivity index (χ0n) is 15.6. The summed E-state index contributed by atoms with van der Waals surface area (Å²) in [6, 6.07) is 11.1. The molecule has 3 nitrogen and oxygen atoms in total. The van der Waals surface area contributed by atoms with Crippen molar-refractivity contribution in [2.45, 2.75) is 52.0 Å². The summed E-state index contributed by atoms with van der Waals surface area (Å²) < 4.78 is 5.40. The lowest BCUT2D eigenvalue weighted by molar-refractivity contribution is -0.131. The van der Waals surface area contributed by atoms with E-state index in [1.807, 2.05) is 23.5 Å². The number of hydrogen-bond donors (Lipinski definition) is 0. The van der Waals surface area contributed by atoms with Gasteiger partial charge in [0.15, 0.2) is 0 Å². The highest BCUT2D eigenvalue weighted by Gasteiger charge is 2.26. The van der Waals surface area contributed by atoms with Crippen molar-refractivity contribution in [1.82, 2.24) is 4.90 Å². The highest BCUT2D eigenvalue weighted by atomic mass is 35.5. The predicted octanol–water partition coefficient (Wildman–Crippen LogP) is 4.91. The first kappa shape index (κ1) is 20.9. The van der Waals surface area contributed by atoms with Gasteiger partial charge in [0.05, 0.1) is 0 Å². The van der Waals surface area contributed by atoms with Crippen LogP contribution in [0.15, 0.2) is 35.7 Å². The third-order valence-electron chi connectivity index (χ3n) is 4.92. The number of carbonyl (C=O) groups excluding carboxylic acids is 1. The van der Waals surface area contributed by atoms with Crippen LogP contribution < -0.4 is 4.74 Å². The first-order valence-electron chi connectivity index (χ1n) is 9.23. The van der Waals surface area contributed by atoms with E-state index in [9.17, 15) is 4.79 Å². The van der Waals surface area contributed by atoms with Crippen molar-refractivity contribution in [3.05, 3.63) is 51.7 Å². The van der Waals surface area contributed by atoms with Gasteiger partial charge in [-0.3, -0.25) is 9.69 Å². The van der Waals surface area contributed by atoms with E-state index in [-0.39, 0.29) is 18.4 Å². The van der Waals surface area contributed by atoms with E-state index < -0.39 is 0 Å². The number of fused-ring (bicyclic) bond motifs is 1. The Morgan fingerprint density at radius 2 is 2.12 bits per heavy atom. The lowest BCUT2D eigenvalue weighted by Gasteiger charge is -2.35. The number of carbonyl (C=O) groups is 1. The number of rotatable bonds is 7. The first-order valence-corrected chi connectivity index (χ1v) is 10.1. The summed E-state index contributed by atoms with van der Waals surface area (Å²) >= 11 is 1.85. The van der Waals surface area contributed by atoms with Gasteiger partial charge in [-0.25, -0.2) is 0 Å². The Labute approximate surface area is 166 Å². The SMILES string of the molecule is CCCN(CCc1cccs1)[C@H]1CCc2c(cccc2OC(C)=O)C1.Cl. The molecule has 1 aromatic heterocycles. The molecule has 26 heavy (non-hydrogen) atoms. The van der Waals surface area contributed by atoms with Gasteiger partial charge in [0.2, 0.25) is 0 Å². The van der Waals surface area contributed by atoms with Crippen molar-refractivity contribution < 1.29 is 9.53 Å². The smallest absolute Gasteiger partial charge is 0.308 e. The average Bonchev–Trinajstić information content (AvgIpc) is 3.11. The minimum absolute atomic E-state index is 0. The van der Waals surface area contributed by atoms with E-state index in [0.29, 0.717) is 6.04 Å².